The highest BCUT2D eigenvalue weighted by Crippen LogP contribution is 2.05. The van der Waals surface area contributed by atoms with Crippen LogP contribution in [0.5, 0.6) is 0 Å². The predicted octanol–water partition coefficient (Wildman–Crippen LogP) is 2.59. The molecular weight excluding hydrogens is 250 g/mol. The average molecular weight is 273 g/mol. The summed E-state index contributed by atoms with van der Waals surface area (Å²) in [6.45, 7) is 5.12. The van der Waals surface area contributed by atoms with Crippen LogP contribution >= 0.6 is 0 Å². The number of hydrogen-bond acceptors (Lipinski definition) is 2. The Morgan fingerprint density at radius 1 is 1.40 bits per heavy atom. The van der Waals surface area contributed by atoms with Crippen molar-refractivity contribution in [1.82, 2.24) is 5.32 Å². The Labute approximate surface area is 121 Å². The van der Waals surface area contributed by atoms with Gasteiger partial charge in [-0.05, 0) is 37.0 Å². The fourth-order valence-electron chi connectivity index (χ4n) is 1.77. The summed E-state index contributed by atoms with van der Waals surface area (Å²) in [7, 11) is 0. The SMILES string of the molecule is CC(C)CCCNC(=O)c1cccc(C#CCCO)c1. The van der Waals surface area contributed by atoms with E-state index < -0.39 is 0 Å². The van der Waals surface area contributed by atoms with Gasteiger partial charge in [0.1, 0.15) is 0 Å². The van der Waals surface area contributed by atoms with Crippen LogP contribution in [0.15, 0.2) is 24.3 Å². The first-order chi connectivity index (χ1) is 9.63. The lowest BCUT2D eigenvalue weighted by atomic mass is 10.1. The highest BCUT2D eigenvalue weighted by Gasteiger charge is 2.05. The van der Waals surface area contributed by atoms with Crippen molar-refractivity contribution in [1.29, 1.82) is 0 Å². The maximum Gasteiger partial charge on any atom is 0.251 e. The van der Waals surface area contributed by atoms with Crippen molar-refractivity contribution >= 4 is 5.91 Å². The number of rotatable bonds is 6. The van der Waals surface area contributed by atoms with Crippen molar-refractivity contribution in [3.8, 4) is 11.8 Å². The van der Waals surface area contributed by atoms with Gasteiger partial charge in [0.05, 0.1) is 6.61 Å². The Hall–Kier alpha value is -1.79. The second-order valence-corrected chi connectivity index (χ2v) is 5.15. The van der Waals surface area contributed by atoms with Gasteiger partial charge in [0, 0.05) is 24.1 Å². The van der Waals surface area contributed by atoms with Crippen LogP contribution in [0.2, 0.25) is 0 Å². The molecule has 3 nitrogen and oxygen atoms in total. The Balaban J connectivity index is 2.52. The van der Waals surface area contributed by atoms with Gasteiger partial charge in [-0.2, -0.15) is 0 Å². The number of aliphatic hydroxyl groups excluding tert-OH is 1. The molecule has 0 atom stereocenters. The first kappa shape index (κ1) is 16.3. The lowest BCUT2D eigenvalue weighted by Gasteiger charge is -2.07. The fraction of sp³-hybridized carbons (Fsp3) is 0.471. The maximum absolute atomic E-state index is 12.0. The molecule has 0 spiro atoms. The van der Waals surface area contributed by atoms with Crippen molar-refractivity contribution in [2.24, 2.45) is 5.92 Å². The van der Waals surface area contributed by atoms with E-state index in [9.17, 15) is 4.79 Å². The number of nitrogens with one attached hydrogen (secondary N) is 1. The largest absolute Gasteiger partial charge is 0.395 e. The standard InChI is InChI=1S/C17H23NO2/c1-14(2)7-6-11-18-17(20)16-10-5-9-15(13-16)8-3-4-12-19/h5,9-10,13-14,19H,4,6-7,11-12H2,1-2H3,(H,18,20). The fourth-order valence-corrected chi connectivity index (χ4v) is 1.77. The molecule has 1 amide bonds. The minimum Gasteiger partial charge on any atom is -0.395 e. The zero-order valence-corrected chi connectivity index (χ0v) is 12.3. The number of carbonyl (C=O) groups excluding carboxylic acids is 1. The number of amides is 1. The number of hydrogen-bond donors (Lipinski definition) is 2. The van der Waals surface area contributed by atoms with Crippen molar-refractivity contribution in [3.05, 3.63) is 35.4 Å². The summed E-state index contributed by atoms with van der Waals surface area (Å²) >= 11 is 0. The van der Waals surface area contributed by atoms with Gasteiger partial charge in [0.25, 0.3) is 5.91 Å². The summed E-state index contributed by atoms with van der Waals surface area (Å²) in [5, 5.41) is 11.6. The Kier molecular flexibility index (Phi) is 7.46. The predicted molar refractivity (Wildman–Crippen MR) is 81.4 cm³/mol. The third kappa shape index (κ3) is 6.40. The highest BCUT2D eigenvalue weighted by atomic mass is 16.2. The summed E-state index contributed by atoms with van der Waals surface area (Å²) < 4.78 is 0. The van der Waals surface area contributed by atoms with E-state index in [1.165, 1.54) is 0 Å². The van der Waals surface area contributed by atoms with E-state index in [1.54, 1.807) is 12.1 Å². The Bertz CT molecular complexity index is 483. The molecule has 0 aliphatic heterocycles. The second-order valence-electron chi connectivity index (χ2n) is 5.15. The van der Waals surface area contributed by atoms with Crippen LogP contribution in [0.3, 0.4) is 0 Å². The molecule has 0 saturated carbocycles. The van der Waals surface area contributed by atoms with Crippen LogP contribution in [0.25, 0.3) is 0 Å². The summed E-state index contributed by atoms with van der Waals surface area (Å²) in [5.41, 5.74) is 1.43. The molecular formula is C17H23NO2. The van der Waals surface area contributed by atoms with E-state index >= 15 is 0 Å². The first-order valence-electron chi connectivity index (χ1n) is 7.11. The summed E-state index contributed by atoms with van der Waals surface area (Å²) in [6, 6.07) is 7.25. The van der Waals surface area contributed by atoms with Gasteiger partial charge < -0.3 is 10.4 Å². The summed E-state index contributed by atoms with van der Waals surface area (Å²) in [6.07, 6.45) is 2.57. The van der Waals surface area contributed by atoms with E-state index in [4.69, 9.17) is 5.11 Å². The molecule has 108 valence electrons. The third-order valence-corrected chi connectivity index (χ3v) is 2.84. The lowest BCUT2D eigenvalue weighted by molar-refractivity contribution is 0.0952. The van der Waals surface area contributed by atoms with Crippen molar-refractivity contribution in [3.63, 3.8) is 0 Å². The van der Waals surface area contributed by atoms with Crippen LogP contribution in [-0.4, -0.2) is 24.2 Å². The van der Waals surface area contributed by atoms with Crippen LogP contribution in [0.1, 0.15) is 49.0 Å². The van der Waals surface area contributed by atoms with E-state index in [-0.39, 0.29) is 12.5 Å². The van der Waals surface area contributed by atoms with Crippen molar-refractivity contribution in [2.75, 3.05) is 13.2 Å². The monoisotopic (exact) mass is 273 g/mol. The van der Waals surface area contributed by atoms with Gasteiger partial charge in [-0.3, -0.25) is 4.79 Å². The van der Waals surface area contributed by atoms with E-state index in [0.29, 0.717) is 24.4 Å². The minimum atomic E-state index is -0.0560. The molecule has 0 unspecified atom stereocenters. The molecule has 2 N–H and O–H groups in total. The van der Waals surface area contributed by atoms with Gasteiger partial charge in [0.2, 0.25) is 0 Å². The molecule has 0 radical (unpaired) electrons. The van der Waals surface area contributed by atoms with E-state index in [2.05, 4.69) is 31.0 Å². The van der Waals surface area contributed by atoms with Gasteiger partial charge in [-0.1, -0.05) is 31.8 Å². The zero-order valence-electron chi connectivity index (χ0n) is 12.3. The van der Waals surface area contributed by atoms with Crippen molar-refractivity contribution < 1.29 is 9.90 Å². The van der Waals surface area contributed by atoms with E-state index in [1.807, 2.05) is 12.1 Å². The van der Waals surface area contributed by atoms with Gasteiger partial charge in [-0.15, -0.1) is 0 Å². The summed E-state index contributed by atoms with van der Waals surface area (Å²) in [5.74, 6) is 6.39. The molecule has 0 aromatic heterocycles. The molecule has 20 heavy (non-hydrogen) atoms. The quantitative estimate of drug-likeness (QED) is 0.618. The molecule has 0 aliphatic carbocycles. The van der Waals surface area contributed by atoms with Crippen LogP contribution in [-0.2, 0) is 0 Å². The molecule has 0 bridgehead atoms. The molecule has 0 aliphatic rings. The van der Waals surface area contributed by atoms with Crippen LogP contribution in [0, 0.1) is 17.8 Å². The lowest BCUT2D eigenvalue weighted by Crippen LogP contribution is -2.24. The molecule has 1 rings (SSSR count). The van der Waals surface area contributed by atoms with Crippen LogP contribution in [0.4, 0.5) is 0 Å². The average Bonchev–Trinajstić information content (AvgIpc) is 2.44. The first-order valence-corrected chi connectivity index (χ1v) is 7.11. The van der Waals surface area contributed by atoms with E-state index in [0.717, 1.165) is 18.4 Å². The molecule has 0 fully saturated rings. The summed E-state index contributed by atoms with van der Waals surface area (Å²) in [4.78, 5) is 12.0. The molecule has 1 aromatic carbocycles. The molecule has 1 aromatic rings. The van der Waals surface area contributed by atoms with Gasteiger partial charge >= 0.3 is 0 Å². The Morgan fingerprint density at radius 3 is 2.90 bits per heavy atom. The maximum atomic E-state index is 12.0. The normalized spacial score (nSPS) is 10.0. The number of benzene rings is 1. The molecule has 3 heteroatoms. The zero-order chi connectivity index (χ0) is 14.8. The Morgan fingerprint density at radius 2 is 2.20 bits per heavy atom. The third-order valence-electron chi connectivity index (χ3n) is 2.84. The number of aliphatic hydroxyl groups is 1. The molecule has 0 heterocycles. The van der Waals surface area contributed by atoms with Gasteiger partial charge in [0.15, 0.2) is 0 Å². The molecule has 0 saturated heterocycles. The highest BCUT2D eigenvalue weighted by molar-refractivity contribution is 5.94. The topological polar surface area (TPSA) is 49.3 Å². The van der Waals surface area contributed by atoms with Gasteiger partial charge in [-0.25, -0.2) is 0 Å². The van der Waals surface area contributed by atoms with Crippen LogP contribution < -0.4 is 5.32 Å². The number of carbonyl (C=O) groups is 1. The minimum absolute atomic E-state index is 0.0560. The second kappa shape index (κ2) is 9.17. The smallest absolute Gasteiger partial charge is 0.251 e. The van der Waals surface area contributed by atoms with Crippen molar-refractivity contribution in [2.45, 2.75) is 33.1 Å².